The number of aryl methyl sites for hydroxylation is 1. The second-order valence-corrected chi connectivity index (χ2v) is 7.85. The van der Waals surface area contributed by atoms with Gasteiger partial charge in [-0.05, 0) is 44.2 Å². The van der Waals surface area contributed by atoms with E-state index in [0.29, 0.717) is 25.1 Å². The number of hydrogen-bond donors (Lipinski definition) is 0. The van der Waals surface area contributed by atoms with Crippen molar-refractivity contribution < 1.29 is 18.8 Å². The third kappa shape index (κ3) is 3.97. The molecular formula is C21H26N4O4. The van der Waals surface area contributed by atoms with Crippen LogP contribution in [-0.2, 0) is 11.8 Å². The molecule has 0 radical (unpaired) electrons. The fourth-order valence-electron chi connectivity index (χ4n) is 4.40. The van der Waals surface area contributed by atoms with Crippen LogP contribution in [0.15, 0.2) is 35.2 Å². The normalized spacial score (nSPS) is 22.1. The van der Waals surface area contributed by atoms with Crippen LogP contribution >= 0.6 is 0 Å². The maximum absolute atomic E-state index is 13.4. The van der Waals surface area contributed by atoms with E-state index in [0.717, 1.165) is 25.7 Å². The third-order valence-electron chi connectivity index (χ3n) is 5.89. The number of rotatable bonds is 5. The molecule has 2 saturated heterocycles. The highest BCUT2D eigenvalue weighted by Crippen LogP contribution is 2.27. The van der Waals surface area contributed by atoms with E-state index < -0.39 is 6.04 Å². The van der Waals surface area contributed by atoms with Crippen LogP contribution in [-0.4, -0.2) is 62.4 Å². The predicted molar refractivity (Wildman–Crippen MR) is 104 cm³/mol. The molecule has 2 aliphatic rings. The molecule has 0 aromatic carbocycles. The molecule has 0 saturated carbocycles. The van der Waals surface area contributed by atoms with Gasteiger partial charge in [0, 0.05) is 38.8 Å². The van der Waals surface area contributed by atoms with Gasteiger partial charge in [0.15, 0.2) is 11.5 Å². The summed E-state index contributed by atoms with van der Waals surface area (Å²) in [5.74, 6) is -0.0364. The Labute approximate surface area is 169 Å². The van der Waals surface area contributed by atoms with E-state index >= 15 is 0 Å². The summed E-state index contributed by atoms with van der Waals surface area (Å²) < 4.78 is 6.86. The number of ketones is 1. The van der Waals surface area contributed by atoms with Gasteiger partial charge in [0.05, 0.1) is 18.0 Å². The van der Waals surface area contributed by atoms with Crippen molar-refractivity contribution in [2.45, 2.75) is 50.6 Å². The minimum Gasteiger partial charge on any atom is -0.459 e. The van der Waals surface area contributed by atoms with Crippen LogP contribution in [0.2, 0.25) is 0 Å². The molecule has 2 aromatic heterocycles. The highest BCUT2D eigenvalue weighted by Gasteiger charge is 2.40. The first-order valence-electron chi connectivity index (χ1n) is 10.2. The van der Waals surface area contributed by atoms with Crippen LogP contribution in [0.25, 0.3) is 0 Å². The van der Waals surface area contributed by atoms with Gasteiger partial charge >= 0.3 is 0 Å². The largest absolute Gasteiger partial charge is 0.459 e. The molecular weight excluding hydrogens is 372 g/mol. The second-order valence-electron chi connectivity index (χ2n) is 7.85. The number of furan rings is 1. The molecule has 0 bridgehead atoms. The van der Waals surface area contributed by atoms with Gasteiger partial charge in [-0.15, -0.1) is 0 Å². The van der Waals surface area contributed by atoms with Gasteiger partial charge in [-0.1, -0.05) is 0 Å². The molecule has 2 fully saturated rings. The molecule has 8 nitrogen and oxygen atoms in total. The molecule has 0 aliphatic carbocycles. The summed E-state index contributed by atoms with van der Waals surface area (Å²) in [5, 5.41) is 4.06. The lowest BCUT2D eigenvalue weighted by Crippen LogP contribution is -2.54. The summed E-state index contributed by atoms with van der Waals surface area (Å²) in [7, 11) is 1.77. The average molecular weight is 398 g/mol. The molecule has 29 heavy (non-hydrogen) atoms. The molecule has 2 amide bonds. The number of carbonyl (C=O) groups excluding carboxylic acids is 3. The van der Waals surface area contributed by atoms with Crippen LogP contribution in [0.3, 0.4) is 0 Å². The average Bonchev–Trinajstić information content (AvgIpc) is 3.49. The Morgan fingerprint density at radius 2 is 1.97 bits per heavy atom. The SMILES string of the molecule is Cn1cc(C(=O)C[C@H]2CCCN2C(=O)[C@H]2CCCCN2C(=O)c2ccco2)cn1. The molecule has 8 heteroatoms. The summed E-state index contributed by atoms with van der Waals surface area (Å²) in [6, 6.07) is 2.69. The Balaban J connectivity index is 1.47. The number of nitrogens with zero attached hydrogens (tertiary/aromatic N) is 4. The van der Waals surface area contributed by atoms with Gasteiger partial charge in [-0.25, -0.2) is 0 Å². The van der Waals surface area contributed by atoms with E-state index in [1.807, 2.05) is 4.90 Å². The summed E-state index contributed by atoms with van der Waals surface area (Å²) in [6.45, 7) is 1.17. The minimum absolute atomic E-state index is 0.00466. The Bertz CT molecular complexity index is 888. The van der Waals surface area contributed by atoms with Crippen molar-refractivity contribution in [3.8, 4) is 0 Å². The van der Waals surface area contributed by atoms with Crippen LogP contribution in [0.5, 0.6) is 0 Å². The lowest BCUT2D eigenvalue weighted by molar-refractivity contribution is -0.138. The zero-order valence-corrected chi connectivity index (χ0v) is 16.6. The highest BCUT2D eigenvalue weighted by atomic mass is 16.3. The van der Waals surface area contributed by atoms with Gasteiger partial charge in [0.25, 0.3) is 5.91 Å². The van der Waals surface area contributed by atoms with Crippen molar-refractivity contribution in [3.05, 3.63) is 42.1 Å². The smallest absolute Gasteiger partial charge is 0.290 e. The lowest BCUT2D eigenvalue weighted by atomic mass is 9.99. The van der Waals surface area contributed by atoms with E-state index in [1.54, 1.807) is 41.2 Å². The summed E-state index contributed by atoms with van der Waals surface area (Å²) in [6.07, 6.45) is 9.12. The van der Waals surface area contributed by atoms with E-state index in [2.05, 4.69) is 5.10 Å². The van der Waals surface area contributed by atoms with Gasteiger partial charge in [0.2, 0.25) is 5.91 Å². The van der Waals surface area contributed by atoms with Gasteiger partial charge in [-0.3, -0.25) is 19.1 Å². The zero-order chi connectivity index (χ0) is 20.4. The summed E-state index contributed by atoms with van der Waals surface area (Å²) in [5.41, 5.74) is 0.569. The maximum Gasteiger partial charge on any atom is 0.290 e. The molecule has 2 aromatic rings. The standard InChI is InChI=1S/C21H26N4O4/c1-23-14-15(13-22-23)18(26)12-16-6-4-10-24(16)20(27)17-7-2-3-9-25(17)21(28)19-8-5-11-29-19/h5,8,11,13-14,16-17H,2-4,6-7,9-10,12H2,1H3/t16-,17-/m1/s1. The molecule has 154 valence electrons. The lowest BCUT2D eigenvalue weighted by Gasteiger charge is -2.37. The Morgan fingerprint density at radius 3 is 2.69 bits per heavy atom. The van der Waals surface area contributed by atoms with E-state index in [9.17, 15) is 14.4 Å². The predicted octanol–water partition coefficient (Wildman–Crippen LogP) is 2.27. The third-order valence-corrected chi connectivity index (χ3v) is 5.89. The van der Waals surface area contributed by atoms with E-state index in [1.165, 1.54) is 6.26 Å². The maximum atomic E-state index is 13.4. The first-order chi connectivity index (χ1) is 14.0. The van der Waals surface area contributed by atoms with Crippen LogP contribution in [0, 0.1) is 0 Å². The van der Waals surface area contributed by atoms with Crippen molar-refractivity contribution in [1.29, 1.82) is 0 Å². The number of Topliss-reactive ketones (excluding diaryl/α,β-unsaturated/α-hetero) is 1. The van der Waals surface area contributed by atoms with Crippen molar-refractivity contribution in [2.24, 2.45) is 7.05 Å². The quantitative estimate of drug-likeness (QED) is 0.721. The molecule has 0 N–H and O–H groups in total. The topological polar surface area (TPSA) is 88.7 Å². The van der Waals surface area contributed by atoms with Crippen molar-refractivity contribution >= 4 is 17.6 Å². The van der Waals surface area contributed by atoms with Crippen LogP contribution in [0.1, 0.15) is 59.4 Å². The molecule has 2 aliphatic heterocycles. The second kappa shape index (κ2) is 8.23. The van der Waals surface area contributed by atoms with Crippen molar-refractivity contribution in [1.82, 2.24) is 19.6 Å². The number of piperidine rings is 1. The minimum atomic E-state index is -0.490. The van der Waals surface area contributed by atoms with Crippen LogP contribution in [0.4, 0.5) is 0 Å². The molecule has 0 unspecified atom stereocenters. The fourth-order valence-corrected chi connectivity index (χ4v) is 4.40. The number of carbonyl (C=O) groups is 3. The number of aromatic nitrogens is 2. The molecule has 0 spiro atoms. The first-order valence-corrected chi connectivity index (χ1v) is 10.2. The van der Waals surface area contributed by atoms with Crippen molar-refractivity contribution in [3.63, 3.8) is 0 Å². The van der Waals surface area contributed by atoms with Crippen LogP contribution < -0.4 is 0 Å². The Hall–Kier alpha value is -2.90. The molecule has 2 atom stereocenters. The monoisotopic (exact) mass is 398 g/mol. The van der Waals surface area contributed by atoms with E-state index in [4.69, 9.17) is 4.42 Å². The van der Waals surface area contributed by atoms with Crippen molar-refractivity contribution in [2.75, 3.05) is 13.1 Å². The fraction of sp³-hybridized carbons (Fsp3) is 0.524. The zero-order valence-electron chi connectivity index (χ0n) is 16.6. The highest BCUT2D eigenvalue weighted by molar-refractivity contribution is 5.97. The summed E-state index contributed by atoms with van der Waals surface area (Å²) >= 11 is 0. The summed E-state index contributed by atoms with van der Waals surface area (Å²) in [4.78, 5) is 42.3. The Morgan fingerprint density at radius 1 is 1.14 bits per heavy atom. The van der Waals surface area contributed by atoms with Gasteiger partial charge < -0.3 is 14.2 Å². The number of hydrogen-bond acceptors (Lipinski definition) is 5. The molecule has 4 heterocycles. The van der Waals surface area contributed by atoms with Gasteiger partial charge in [0.1, 0.15) is 6.04 Å². The number of amides is 2. The Kier molecular flexibility index (Phi) is 5.51. The van der Waals surface area contributed by atoms with E-state index in [-0.39, 0.29) is 35.8 Å². The van der Waals surface area contributed by atoms with Gasteiger partial charge in [-0.2, -0.15) is 5.10 Å². The molecule has 4 rings (SSSR count). The first kappa shape index (κ1) is 19.4. The number of likely N-dealkylation sites (tertiary alicyclic amines) is 2.